The quantitative estimate of drug-likeness (QED) is 0.818. The number of rotatable bonds is 6. The van der Waals surface area contributed by atoms with Gasteiger partial charge in [-0.15, -0.1) is 12.4 Å². The summed E-state index contributed by atoms with van der Waals surface area (Å²) >= 11 is 0. The van der Waals surface area contributed by atoms with Crippen molar-refractivity contribution in [2.45, 2.75) is 32.2 Å². The molecule has 7 heteroatoms. The molecular formula is C17H26ClN3O3. The number of ether oxygens (including phenoxy) is 1. The minimum Gasteiger partial charge on any atom is -0.482 e. The van der Waals surface area contributed by atoms with Gasteiger partial charge in [0.15, 0.2) is 6.61 Å². The molecule has 0 radical (unpaired) electrons. The molecule has 24 heavy (non-hydrogen) atoms. The Balaban J connectivity index is 0.00000288. The van der Waals surface area contributed by atoms with Crippen LogP contribution in [0.3, 0.4) is 0 Å². The first kappa shape index (κ1) is 20.3. The van der Waals surface area contributed by atoms with Crippen LogP contribution in [0, 0.1) is 6.92 Å². The van der Waals surface area contributed by atoms with Crippen molar-refractivity contribution in [3.8, 4) is 5.75 Å². The number of carbonyl (C=O) groups excluding carboxylic acids is 2. The number of halogens is 1. The highest BCUT2D eigenvalue weighted by molar-refractivity contribution is 5.92. The van der Waals surface area contributed by atoms with Crippen molar-refractivity contribution >= 4 is 29.9 Å². The Morgan fingerprint density at radius 3 is 2.75 bits per heavy atom. The van der Waals surface area contributed by atoms with Crippen LogP contribution in [0.25, 0.3) is 0 Å². The van der Waals surface area contributed by atoms with Crippen LogP contribution in [-0.4, -0.2) is 50.0 Å². The number of nitrogens with zero attached hydrogens (tertiary/aromatic N) is 1. The van der Waals surface area contributed by atoms with Gasteiger partial charge in [-0.2, -0.15) is 0 Å². The maximum Gasteiger partial charge on any atom is 0.259 e. The lowest BCUT2D eigenvalue weighted by molar-refractivity contribution is -0.130. The number of nitrogens with one attached hydrogen (secondary N) is 2. The van der Waals surface area contributed by atoms with Crippen LogP contribution in [0.5, 0.6) is 5.75 Å². The molecule has 1 saturated heterocycles. The average molecular weight is 356 g/mol. The summed E-state index contributed by atoms with van der Waals surface area (Å²) < 4.78 is 5.59. The van der Waals surface area contributed by atoms with E-state index in [2.05, 4.69) is 10.6 Å². The summed E-state index contributed by atoms with van der Waals surface area (Å²) in [5, 5.41) is 6.20. The summed E-state index contributed by atoms with van der Waals surface area (Å²) in [7, 11) is 3.36. The molecule has 1 aromatic rings. The Bertz CT molecular complexity index is 572. The second kappa shape index (κ2) is 9.49. The smallest absolute Gasteiger partial charge is 0.259 e. The maximum absolute atomic E-state index is 12.2. The highest BCUT2D eigenvalue weighted by Gasteiger charge is 2.18. The zero-order valence-electron chi connectivity index (χ0n) is 14.4. The van der Waals surface area contributed by atoms with E-state index in [-0.39, 0.29) is 36.9 Å². The van der Waals surface area contributed by atoms with Gasteiger partial charge in [0.2, 0.25) is 5.91 Å². The van der Waals surface area contributed by atoms with Crippen molar-refractivity contribution in [1.29, 1.82) is 0 Å². The van der Waals surface area contributed by atoms with Crippen molar-refractivity contribution in [2.75, 3.05) is 32.6 Å². The van der Waals surface area contributed by atoms with Gasteiger partial charge >= 0.3 is 0 Å². The Morgan fingerprint density at radius 2 is 2.12 bits per heavy atom. The number of carbonyl (C=O) groups is 2. The first-order chi connectivity index (χ1) is 11.0. The second-order valence-corrected chi connectivity index (χ2v) is 6.12. The maximum atomic E-state index is 12.2. The van der Waals surface area contributed by atoms with E-state index in [4.69, 9.17) is 4.74 Å². The molecule has 1 heterocycles. The molecule has 0 aromatic heterocycles. The van der Waals surface area contributed by atoms with Gasteiger partial charge in [0.25, 0.3) is 5.91 Å². The predicted molar refractivity (Wildman–Crippen MR) is 96.9 cm³/mol. The van der Waals surface area contributed by atoms with E-state index in [0.29, 0.717) is 17.9 Å². The molecule has 6 nitrogen and oxygen atoms in total. The minimum atomic E-state index is -0.126. The van der Waals surface area contributed by atoms with Gasteiger partial charge in [0, 0.05) is 26.6 Å². The zero-order chi connectivity index (χ0) is 16.8. The van der Waals surface area contributed by atoms with E-state index in [1.807, 2.05) is 25.1 Å². The van der Waals surface area contributed by atoms with Crippen LogP contribution in [-0.2, 0) is 9.59 Å². The summed E-state index contributed by atoms with van der Waals surface area (Å²) in [6.07, 6.45) is 2.59. The number of anilines is 1. The van der Waals surface area contributed by atoms with E-state index >= 15 is 0 Å². The van der Waals surface area contributed by atoms with Crippen molar-refractivity contribution < 1.29 is 14.3 Å². The van der Waals surface area contributed by atoms with Gasteiger partial charge in [-0.25, -0.2) is 0 Å². The van der Waals surface area contributed by atoms with Gasteiger partial charge < -0.3 is 20.3 Å². The highest BCUT2D eigenvalue weighted by atomic mass is 35.5. The van der Waals surface area contributed by atoms with Gasteiger partial charge in [-0.1, -0.05) is 6.07 Å². The van der Waals surface area contributed by atoms with Crippen LogP contribution in [0.4, 0.5) is 5.69 Å². The molecule has 0 aliphatic carbocycles. The lowest BCUT2D eigenvalue weighted by Gasteiger charge is -2.16. The summed E-state index contributed by atoms with van der Waals surface area (Å²) in [5.41, 5.74) is 1.61. The van der Waals surface area contributed by atoms with Crippen LogP contribution >= 0.6 is 12.4 Å². The van der Waals surface area contributed by atoms with Gasteiger partial charge in [0.1, 0.15) is 5.75 Å². The summed E-state index contributed by atoms with van der Waals surface area (Å²) in [4.78, 5) is 25.3. The molecule has 1 fully saturated rings. The summed E-state index contributed by atoms with van der Waals surface area (Å²) in [5.74, 6) is 0.351. The first-order valence-electron chi connectivity index (χ1n) is 7.92. The predicted octanol–water partition coefficient (Wildman–Crippen LogP) is 1.96. The van der Waals surface area contributed by atoms with Gasteiger partial charge in [0.05, 0.1) is 5.69 Å². The van der Waals surface area contributed by atoms with Gasteiger partial charge in [-0.05, 0) is 44.0 Å². The van der Waals surface area contributed by atoms with Crippen LogP contribution in [0.15, 0.2) is 18.2 Å². The third-order valence-corrected chi connectivity index (χ3v) is 3.86. The lowest BCUT2D eigenvalue weighted by Crippen LogP contribution is -2.28. The average Bonchev–Trinajstić information content (AvgIpc) is 2.99. The molecule has 2 amide bonds. The molecule has 1 unspecified atom stereocenters. The Morgan fingerprint density at radius 1 is 1.38 bits per heavy atom. The molecule has 1 aliphatic rings. The molecule has 0 spiro atoms. The third kappa shape index (κ3) is 6.02. The first-order valence-corrected chi connectivity index (χ1v) is 7.92. The van der Waals surface area contributed by atoms with Crippen LogP contribution in [0.1, 0.15) is 24.8 Å². The topological polar surface area (TPSA) is 70.7 Å². The van der Waals surface area contributed by atoms with Crippen molar-refractivity contribution in [2.24, 2.45) is 0 Å². The summed E-state index contributed by atoms with van der Waals surface area (Å²) in [6, 6.07) is 5.79. The normalized spacial score (nSPS) is 16.2. The number of likely N-dealkylation sites (N-methyl/N-ethyl adjacent to an activating group) is 1. The minimum absolute atomic E-state index is 0. The van der Waals surface area contributed by atoms with E-state index in [1.165, 1.54) is 4.90 Å². The monoisotopic (exact) mass is 355 g/mol. The number of amides is 2. The van der Waals surface area contributed by atoms with Crippen molar-refractivity contribution in [3.05, 3.63) is 23.8 Å². The molecule has 1 aliphatic heterocycles. The third-order valence-electron chi connectivity index (χ3n) is 3.86. The van der Waals surface area contributed by atoms with Crippen molar-refractivity contribution in [3.63, 3.8) is 0 Å². The SMILES string of the molecule is Cc1ccc(NC(=O)CC2CCCN2)c(OCC(=O)N(C)C)c1.Cl. The fraction of sp³-hybridized carbons (Fsp3) is 0.529. The molecular weight excluding hydrogens is 330 g/mol. The van der Waals surface area contributed by atoms with E-state index in [9.17, 15) is 9.59 Å². The second-order valence-electron chi connectivity index (χ2n) is 6.12. The lowest BCUT2D eigenvalue weighted by atomic mass is 10.1. The Kier molecular flexibility index (Phi) is 8.01. The number of hydrogen-bond acceptors (Lipinski definition) is 4. The van der Waals surface area contributed by atoms with E-state index < -0.39 is 0 Å². The fourth-order valence-corrected chi connectivity index (χ4v) is 2.48. The molecule has 0 bridgehead atoms. The molecule has 1 atom stereocenters. The summed E-state index contributed by atoms with van der Waals surface area (Å²) in [6.45, 7) is 2.86. The highest BCUT2D eigenvalue weighted by Crippen LogP contribution is 2.26. The number of aryl methyl sites for hydroxylation is 1. The Hall–Kier alpha value is -1.79. The Labute approximate surface area is 149 Å². The molecule has 1 aromatic carbocycles. The van der Waals surface area contributed by atoms with Crippen molar-refractivity contribution in [1.82, 2.24) is 10.2 Å². The van der Waals surface area contributed by atoms with Gasteiger partial charge in [-0.3, -0.25) is 9.59 Å². The fourth-order valence-electron chi connectivity index (χ4n) is 2.48. The largest absolute Gasteiger partial charge is 0.482 e. The molecule has 2 rings (SSSR count). The number of benzene rings is 1. The van der Waals surface area contributed by atoms with Crippen LogP contribution < -0.4 is 15.4 Å². The molecule has 2 N–H and O–H groups in total. The molecule has 134 valence electrons. The number of hydrogen-bond donors (Lipinski definition) is 2. The zero-order valence-corrected chi connectivity index (χ0v) is 15.2. The standard InChI is InChI=1S/C17H25N3O3.ClH/c1-12-6-7-14(15(9-12)23-11-17(22)20(2)3)19-16(21)10-13-5-4-8-18-13;/h6-7,9,13,18H,4-5,8,10-11H2,1-3H3,(H,19,21);1H. The van der Waals surface area contributed by atoms with Crippen LogP contribution in [0.2, 0.25) is 0 Å². The molecule has 0 saturated carbocycles. The van der Waals surface area contributed by atoms with E-state index in [1.54, 1.807) is 14.1 Å². The van der Waals surface area contributed by atoms with E-state index in [0.717, 1.165) is 24.9 Å².